The first-order chi connectivity index (χ1) is 35.5. The third kappa shape index (κ3) is 7.41. The monoisotopic (exact) mass is 917 g/mol. The van der Waals surface area contributed by atoms with E-state index in [9.17, 15) is 0 Å². The van der Waals surface area contributed by atoms with Gasteiger partial charge in [0.2, 0.25) is 0 Å². The van der Waals surface area contributed by atoms with Crippen molar-refractivity contribution in [1.82, 2.24) is 0 Å². The van der Waals surface area contributed by atoms with E-state index in [4.69, 9.17) is 0 Å². The summed E-state index contributed by atoms with van der Waals surface area (Å²) in [5.74, 6) is 0. The summed E-state index contributed by atoms with van der Waals surface area (Å²) in [4.78, 5) is 2.54. The first kappa shape index (κ1) is 43.0. The fraction of sp³-hybridized carbons (Fsp3) is 0.0423. The highest BCUT2D eigenvalue weighted by atomic mass is 15.1. The Hall–Kier alpha value is -9.04. The molecule has 0 fully saturated rings. The molecule has 1 nitrogen and oxygen atoms in total. The Morgan fingerprint density at radius 3 is 1.26 bits per heavy atom. The Kier molecular flexibility index (Phi) is 10.6. The van der Waals surface area contributed by atoms with Crippen LogP contribution in [0.25, 0.3) is 99.4 Å². The molecule has 0 amide bonds. The molecular formula is C71H51N. The zero-order chi connectivity index (χ0) is 48.2. The summed E-state index contributed by atoms with van der Waals surface area (Å²) in [6.07, 6.45) is 0. The second-order valence-corrected chi connectivity index (χ2v) is 19.6. The van der Waals surface area contributed by atoms with Gasteiger partial charge in [0.25, 0.3) is 0 Å². The van der Waals surface area contributed by atoms with Crippen LogP contribution in [-0.4, -0.2) is 0 Å². The Balaban J connectivity index is 0.986. The van der Waals surface area contributed by atoms with E-state index in [-0.39, 0.29) is 5.41 Å². The van der Waals surface area contributed by atoms with Crippen LogP contribution in [-0.2, 0) is 5.41 Å². The molecule has 1 heteroatoms. The van der Waals surface area contributed by atoms with Crippen LogP contribution in [0, 0.1) is 0 Å². The summed E-state index contributed by atoms with van der Waals surface area (Å²) in [5.41, 5.74) is 22.9. The van der Waals surface area contributed by atoms with Crippen LogP contribution in [0.5, 0.6) is 0 Å². The van der Waals surface area contributed by atoms with Gasteiger partial charge in [-0.2, -0.15) is 0 Å². The fourth-order valence-corrected chi connectivity index (χ4v) is 11.5. The van der Waals surface area contributed by atoms with Crippen molar-refractivity contribution >= 4 is 38.6 Å². The van der Waals surface area contributed by atoms with Crippen molar-refractivity contribution in [3.63, 3.8) is 0 Å². The smallest absolute Gasteiger partial charge is 0.0624 e. The van der Waals surface area contributed by atoms with Gasteiger partial charge in [-0.05, 0) is 130 Å². The van der Waals surface area contributed by atoms with Crippen molar-refractivity contribution in [2.24, 2.45) is 0 Å². The molecular weight excluding hydrogens is 867 g/mol. The standard InChI is InChI=1S/C71H51N/c1-71(2)67-31-16-15-28-63(67)64-45-44-58(47-68(64)71)72(57-42-40-53(41-43-57)52-38-36-51(37-39-52)50-34-32-49(33-35-50)48-18-5-3-6-19-48)70-66-30-14-12-27-62(66)61-26-11-13-29-65(61)69(70)56-23-17-22-55(46-56)60-25-10-9-24-59(60)54-20-7-4-8-21-54/h3-47H,1-2H3. The van der Waals surface area contributed by atoms with Gasteiger partial charge in [-0.1, -0.05) is 257 Å². The van der Waals surface area contributed by atoms with Crippen LogP contribution < -0.4 is 4.90 Å². The van der Waals surface area contributed by atoms with Gasteiger partial charge in [0.05, 0.1) is 5.69 Å². The summed E-state index contributed by atoms with van der Waals surface area (Å²) < 4.78 is 0. The van der Waals surface area contributed by atoms with E-state index >= 15 is 0 Å². The van der Waals surface area contributed by atoms with Crippen molar-refractivity contribution in [3.05, 3.63) is 284 Å². The lowest BCUT2D eigenvalue weighted by Gasteiger charge is -2.32. The zero-order valence-corrected chi connectivity index (χ0v) is 40.4. The third-order valence-corrected chi connectivity index (χ3v) is 15.1. The molecule has 0 radical (unpaired) electrons. The number of anilines is 3. The second kappa shape index (κ2) is 17.7. The average Bonchev–Trinajstić information content (AvgIpc) is 3.68. The average molecular weight is 918 g/mol. The number of benzene rings is 12. The summed E-state index contributed by atoms with van der Waals surface area (Å²) in [5, 5.41) is 4.87. The Bertz CT molecular complexity index is 3960. The van der Waals surface area contributed by atoms with Crippen LogP contribution in [0.2, 0.25) is 0 Å². The van der Waals surface area contributed by atoms with Crippen LogP contribution in [0.3, 0.4) is 0 Å². The van der Waals surface area contributed by atoms with Crippen molar-refractivity contribution in [3.8, 4) is 77.9 Å². The minimum Gasteiger partial charge on any atom is -0.309 e. The van der Waals surface area contributed by atoms with E-state index in [1.165, 1.54) is 105 Å². The van der Waals surface area contributed by atoms with E-state index in [1.54, 1.807) is 0 Å². The number of nitrogens with zero attached hydrogens (tertiary/aromatic N) is 1. The Morgan fingerprint density at radius 2 is 0.653 bits per heavy atom. The minimum atomic E-state index is -0.178. The van der Waals surface area contributed by atoms with Crippen molar-refractivity contribution in [2.45, 2.75) is 19.3 Å². The molecule has 0 N–H and O–H groups in total. The lowest BCUT2D eigenvalue weighted by atomic mass is 9.82. The highest BCUT2D eigenvalue weighted by Crippen LogP contribution is 2.54. The lowest BCUT2D eigenvalue weighted by molar-refractivity contribution is 0.660. The molecule has 340 valence electrons. The lowest BCUT2D eigenvalue weighted by Crippen LogP contribution is -2.17. The van der Waals surface area contributed by atoms with E-state index in [0.717, 1.165) is 22.6 Å². The third-order valence-electron chi connectivity index (χ3n) is 15.1. The Labute approximate surface area is 422 Å². The van der Waals surface area contributed by atoms with Gasteiger partial charge in [0.15, 0.2) is 0 Å². The van der Waals surface area contributed by atoms with Crippen molar-refractivity contribution in [1.29, 1.82) is 0 Å². The maximum atomic E-state index is 2.54. The zero-order valence-electron chi connectivity index (χ0n) is 40.4. The molecule has 0 heterocycles. The second-order valence-electron chi connectivity index (χ2n) is 19.6. The molecule has 13 rings (SSSR count). The van der Waals surface area contributed by atoms with Crippen LogP contribution in [0.15, 0.2) is 273 Å². The predicted molar refractivity (Wildman–Crippen MR) is 306 cm³/mol. The van der Waals surface area contributed by atoms with Gasteiger partial charge in [0.1, 0.15) is 0 Å². The van der Waals surface area contributed by atoms with Gasteiger partial charge in [-0.25, -0.2) is 0 Å². The molecule has 0 unspecified atom stereocenters. The maximum absolute atomic E-state index is 2.54. The molecule has 12 aromatic carbocycles. The molecule has 1 aliphatic carbocycles. The van der Waals surface area contributed by atoms with Gasteiger partial charge in [-0.15, -0.1) is 0 Å². The highest BCUT2D eigenvalue weighted by Gasteiger charge is 2.36. The van der Waals surface area contributed by atoms with Gasteiger partial charge < -0.3 is 4.90 Å². The Morgan fingerprint density at radius 1 is 0.250 bits per heavy atom. The normalized spacial score (nSPS) is 12.4. The van der Waals surface area contributed by atoms with E-state index in [1.807, 2.05) is 0 Å². The number of rotatable bonds is 9. The van der Waals surface area contributed by atoms with Crippen LogP contribution >= 0.6 is 0 Å². The number of hydrogen-bond donors (Lipinski definition) is 0. The van der Waals surface area contributed by atoms with E-state index in [0.29, 0.717) is 0 Å². The van der Waals surface area contributed by atoms with Gasteiger partial charge in [0, 0.05) is 27.7 Å². The maximum Gasteiger partial charge on any atom is 0.0624 e. The summed E-state index contributed by atoms with van der Waals surface area (Å²) in [6, 6.07) is 101. The highest BCUT2D eigenvalue weighted by molar-refractivity contribution is 6.22. The van der Waals surface area contributed by atoms with E-state index in [2.05, 4.69) is 292 Å². The quantitative estimate of drug-likeness (QED) is 0.130. The van der Waals surface area contributed by atoms with Gasteiger partial charge in [-0.3, -0.25) is 0 Å². The molecule has 0 aliphatic heterocycles. The van der Waals surface area contributed by atoms with Gasteiger partial charge >= 0.3 is 0 Å². The van der Waals surface area contributed by atoms with Crippen LogP contribution in [0.1, 0.15) is 25.0 Å². The molecule has 0 atom stereocenters. The molecule has 0 saturated heterocycles. The SMILES string of the molecule is CC1(C)c2ccccc2-c2ccc(N(c3ccc(-c4ccc(-c5ccc(-c6ccccc6)cc5)cc4)cc3)c3c(-c4cccc(-c5ccccc5-c5ccccc5)c4)c4ccccc4c4ccccc34)cc21. The number of fused-ring (bicyclic) bond motifs is 6. The topological polar surface area (TPSA) is 3.24 Å². The van der Waals surface area contributed by atoms with Crippen molar-refractivity contribution < 1.29 is 0 Å². The molecule has 12 aromatic rings. The number of hydrogen-bond acceptors (Lipinski definition) is 1. The fourth-order valence-electron chi connectivity index (χ4n) is 11.5. The summed E-state index contributed by atoms with van der Waals surface area (Å²) in [7, 11) is 0. The minimum absolute atomic E-state index is 0.178. The van der Waals surface area contributed by atoms with E-state index < -0.39 is 0 Å². The molecule has 72 heavy (non-hydrogen) atoms. The first-order valence-electron chi connectivity index (χ1n) is 25.1. The summed E-state index contributed by atoms with van der Waals surface area (Å²) in [6.45, 7) is 4.75. The van der Waals surface area contributed by atoms with Crippen molar-refractivity contribution in [2.75, 3.05) is 4.90 Å². The molecule has 0 spiro atoms. The largest absolute Gasteiger partial charge is 0.309 e. The first-order valence-corrected chi connectivity index (χ1v) is 25.1. The molecule has 0 aromatic heterocycles. The van der Waals surface area contributed by atoms with Crippen LogP contribution in [0.4, 0.5) is 17.1 Å². The predicted octanol–water partition coefficient (Wildman–Crippen LogP) is 19.8. The molecule has 0 bridgehead atoms. The summed E-state index contributed by atoms with van der Waals surface area (Å²) >= 11 is 0. The molecule has 1 aliphatic rings. The molecule has 0 saturated carbocycles.